The largest absolute Gasteiger partial charge is 0.497 e. The summed E-state index contributed by atoms with van der Waals surface area (Å²) in [6.07, 6.45) is 0.689. The molecule has 0 unspecified atom stereocenters. The number of carbonyl (C=O) groups excluding carboxylic acids is 2. The summed E-state index contributed by atoms with van der Waals surface area (Å²) in [5.41, 5.74) is 8.32. The third-order valence-corrected chi connectivity index (χ3v) is 5.15. The van der Waals surface area contributed by atoms with Gasteiger partial charge in [-0.3, -0.25) is 9.59 Å². The third-order valence-electron chi connectivity index (χ3n) is 5.15. The molecule has 7 heteroatoms. The highest BCUT2D eigenvalue weighted by Gasteiger charge is 2.16. The first-order valence-corrected chi connectivity index (χ1v) is 10.7. The Morgan fingerprint density at radius 2 is 1.61 bits per heavy atom. The number of ether oxygens (including phenoxy) is 2. The first-order chi connectivity index (χ1) is 16.0. The highest BCUT2D eigenvalue weighted by molar-refractivity contribution is 6.04. The van der Waals surface area contributed by atoms with E-state index in [9.17, 15) is 9.59 Å². The topological polar surface area (TPSA) is 93.9 Å². The van der Waals surface area contributed by atoms with Crippen molar-refractivity contribution >= 4 is 17.5 Å². The second-order valence-corrected chi connectivity index (χ2v) is 7.48. The van der Waals surface area contributed by atoms with E-state index in [1.165, 1.54) is 0 Å². The predicted molar refractivity (Wildman–Crippen MR) is 129 cm³/mol. The quantitative estimate of drug-likeness (QED) is 0.491. The van der Waals surface area contributed by atoms with Crippen LogP contribution in [0.2, 0.25) is 0 Å². The molecule has 172 valence electrons. The molecular formula is C26H29N3O4. The fraction of sp³-hybridized carbons (Fsp3) is 0.231. The molecule has 0 saturated heterocycles. The number of nitrogens with one attached hydrogen (secondary N) is 1. The minimum atomic E-state index is -0.236. The van der Waals surface area contributed by atoms with E-state index in [1.54, 1.807) is 67.7 Å². The molecule has 0 atom stereocenters. The van der Waals surface area contributed by atoms with Crippen LogP contribution >= 0.6 is 0 Å². The average molecular weight is 448 g/mol. The molecule has 0 aliphatic carbocycles. The van der Waals surface area contributed by atoms with Crippen LogP contribution in [-0.2, 0) is 6.54 Å². The third kappa shape index (κ3) is 6.57. The molecule has 7 nitrogen and oxygen atoms in total. The molecule has 0 aliphatic rings. The van der Waals surface area contributed by atoms with Gasteiger partial charge in [0.15, 0.2) is 0 Å². The van der Waals surface area contributed by atoms with E-state index in [0.717, 1.165) is 5.56 Å². The van der Waals surface area contributed by atoms with Gasteiger partial charge in [0.25, 0.3) is 11.8 Å². The first kappa shape index (κ1) is 23.8. The maximum Gasteiger partial charge on any atom is 0.255 e. The second-order valence-electron chi connectivity index (χ2n) is 7.48. The lowest BCUT2D eigenvalue weighted by Crippen LogP contribution is -2.32. The van der Waals surface area contributed by atoms with Crippen molar-refractivity contribution in [1.82, 2.24) is 4.90 Å². The van der Waals surface area contributed by atoms with E-state index in [0.29, 0.717) is 54.4 Å². The molecule has 0 radical (unpaired) electrons. The number of nitrogens with two attached hydrogens (primary N) is 1. The van der Waals surface area contributed by atoms with Gasteiger partial charge in [-0.2, -0.15) is 0 Å². The van der Waals surface area contributed by atoms with Crippen molar-refractivity contribution < 1.29 is 19.1 Å². The molecule has 0 heterocycles. The van der Waals surface area contributed by atoms with E-state index in [1.807, 2.05) is 24.3 Å². The van der Waals surface area contributed by atoms with E-state index in [4.69, 9.17) is 15.2 Å². The van der Waals surface area contributed by atoms with Crippen molar-refractivity contribution in [2.75, 3.05) is 32.6 Å². The lowest BCUT2D eigenvalue weighted by atomic mass is 10.1. The highest BCUT2D eigenvalue weighted by Crippen LogP contribution is 2.19. The van der Waals surface area contributed by atoms with Gasteiger partial charge in [-0.15, -0.1) is 0 Å². The maximum absolute atomic E-state index is 13.1. The van der Waals surface area contributed by atoms with Crippen molar-refractivity contribution in [2.24, 2.45) is 5.73 Å². The Morgan fingerprint density at radius 3 is 2.30 bits per heavy atom. The zero-order valence-corrected chi connectivity index (χ0v) is 18.9. The fourth-order valence-corrected chi connectivity index (χ4v) is 3.39. The molecule has 33 heavy (non-hydrogen) atoms. The van der Waals surface area contributed by atoms with Crippen molar-refractivity contribution in [2.45, 2.75) is 13.0 Å². The Balaban J connectivity index is 1.74. The molecule has 0 fully saturated rings. The summed E-state index contributed by atoms with van der Waals surface area (Å²) < 4.78 is 10.4. The summed E-state index contributed by atoms with van der Waals surface area (Å²) in [5, 5.41) is 2.91. The van der Waals surface area contributed by atoms with E-state index in [2.05, 4.69) is 5.32 Å². The van der Waals surface area contributed by atoms with Gasteiger partial charge in [-0.25, -0.2) is 0 Å². The van der Waals surface area contributed by atoms with Crippen LogP contribution in [0.15, 0.2) is 72.8 Å². The zero-order valence-electron chi connectivity index (χ0n) is 18.9. The van der Waals surface area contributed by atoms with Gasteiger partial charge >= 0.3 is 0 Å². The SMILES string of the molecule is COc1ccc(C(=O)N(CCCN)Cc2cccc(NC(=O)c3cccc(OC)c3)c2)cc1. The molecule has 3 N–H and O–H groups in total. The monoisotopic (exact) mass is 447 g/mol. The van der Waals surface area contributed by atoms with E-state index < -0.39 is 0 Å². The number of carbonyl (C=O) groups is 2. The van der Waals surface area contributed by atoms with Gasteiger partial charge in [0.1, 0.15) is 11.5 Å². The van der Waals surface area contributed by atoms with Gasteiger partial charge in [-0.1, -0.05) is 18.2 Å². The number of hydrogen-bond donors (Lipinski definition) is 2. The number of nitrogens with zero attached hydrogens (tertiary/aromatic N) is 1. The summed E-state index contributed by atoms with van der Waals surface area (Å²) in [6.45, 7) is 1.42. The second kappa shape index (κ2) is 11.7. The van der Waals surface area contributed by atoms with Crippen molar-refractivity contribution in [3.8, 4) is 11.5 Å². The maximum atomic E-state index is 13.1. The van der Waals surface area contributed by atoms with Gasteiger partial charge in [0.05, 0.1) is 14.2 Å². The summed E-state index contributed by atoms with van der Waals surface area (Å²) in [6, 6.07) is 21.5. The lowest BCUT2D eigenvalue weighted by Gasteiger charge is -2.23. The number of methoxy groups -OCH3 is 2. The predicted octanol–water partition coefficient (Wildman–Crippen LogP) is 3.95. The minimum Gasteiger partial charge on any atom is -0.497 e. The number of anilines is 1. The van der Waals surface area contributed by atoms with Gasteiger partial charge < -0.3 is 25.4 Å². The van der Waals surface area contributed by atoms with Crippen LogP contribution in [0.25, 0.3) is 0 Å². The molecule has 0 aromatic heterocycles. The van der Waals surface area contributed by atoms with E-state index >= 15 is 0 Å². The van der Waals surface area contributed by atoms with Crippen molar-refractivity contribution in [3.63, 3.8) is 0 Å². The Hall–Kier alpha value is -3.84. The molecule has 0 bridgehead atoms. The summed E-state index contributed by atoms with van der Waals surface area (Å²) in [4.78, 5) is 27.5. The molecule has 0 saturated carbocycles. The van der Waals surface area contributed by atoms with E-state index in [-0.39, 0.29) is 11.8 Å². The molecular weight excluding hydrogens is 418 g/mol. The van der Waals surface area contributed by atoms with Gasteiger partial charge in [0, 0.05) is 29.9 Å². The molecule has 0 spiro atoms. The molecule has 0 aliphatic heterocycles. The molecule has 2 amide bonds. The zero-order chi connectivity index (χ0) is 23.6. The van der Waals surface area contributed by atoms with Crippen LogP contribution in [0.3, 0.4) is 0 Å². The Kier molecular flexibility index (Phi) is 8.43. The Labute approximate surface area is 194 Å². The van der Waals surface area contributed by atoms with Crippen LogP contribution < -0.4 is 20.5 Å². The summed E-state index contributed by atoms with van der Waals surface area (Å²) in [7, 11) is 3.15. The van der Waals surface area contributed by atoms with Crippen LogP contribution in [-0.4, -0.2) is 44.0 Å². The van der Waals surface area contributed by atoms with Crippen LogP contribution in [0.5, 0.6) is 11.5 Å². The van der Waals surface area contributed by atoms with Crippen LogP contribution in [0.1, 0.15) is 32.7 Å². The number of benzene rings is 3. The summed E-state index contributed by atoms with van der Waals surface area (Å²) >= 11 is 0. The fourth-order valence-electron chi connectivity index (χ4n) is 3.39. The lowest BCUT2D eigenvalue weighted by molar-refractivity contribution is 0.0742. The smallest absolute Gasteiger partial charge is 0.255 e. The van der Waals surface area contributed by atoms with Crippen LogP contribution in [0, 0.1) is 0 Å². The van der Waals surface area contributed by atoms with Gasteiger partial charge in [-0.05, 0) is 73.1 Å². The average Bonchev–Trinajstić information content (AvgIpc) is 2.86. The molecule has 3 aromatic carbocycles. The number of amides is 2. The first-order valence-electron chi connectivity index (χ1n) is 10.7. The molecule has 3 rings (SSSR count). The van der Waals surface area contributed by atoms with Crippen LogP contribution in [0.4, 0.5) is 5.69 Å². The Bertz CT molecular complexity index is 1080. The summed E-state index contributed by atoms with van der Waals surface area (Å²) in [5.74, 6) is 0.987. The normalized spacial score (nSPS) is 10.4. The number of hydrogen-bond acceptors (Lipinski definition) is 5. The molecule has 3 aromatic rings. The number of rotatable bonds is 10. The van der Waals surface area contributed by atoms with Crippen molar-refractivity contribution in [1.29, 1.82) is 0 Å². The standard InChI is InChI=1S/C26H29N3O4/c1-32-23-12-10-20(11-13-23)26(31)29(15-5-14-27)18-19-6-3-8-22(16-19)28-25(30)21-7-4-9-24(17-21)33-2/h3-4,6-13,16-17H,5,14-15,18,27H2,1-2H3,(H,28,30). The van der Waals surface area contributed by atoms with Crippen molar-refractivity contribution in [3.05, 3.63) is 89.5 Å². The van der Waals surface area contributed by atoms with Gasteiger partial charge in [0.2, 0.25) is 0 Å². The highest BCUT2D eigenvalue weighted by atomic mass is 16.5. The Morgan fingerprint density at radius 1 is 0.879 bits per heavy atom. The minimum absolute atomic E-state index is 0.0862.